The molecule has 3 rings (SSSR count). The van der Waals surface area contributed by atoms with E-state index >= 15 is 0 Å². The summed E-state index contributed by atoms with van der Waals surface area (Å²) in [5, 5.41) is 0. The monoisotopic (exact) mass is 367 g/mol. The Morgan fingerprint density at radius 1 is 0.556 bits per heavy atom. The lowest BCUT2D eigenvalue weighted by Crippen LogP contribution is -2.15. The van der Waals surface area contributed by atoms with E-state index in [2.05, 4.69) is 83.8 Å². The number of nitrogens with zero attached hydrogens (tertiary/aromatic N) is 1. The molecule has 0 unspecified atom stereocenters. The molecule has 150 valence electrons. The first-order valence-electron chi connectivity index (χ1n) is 10.7. The second-order valence-electron chi connectivity index (χ2n) is 4.62. The largest absolute Gasteiger partial charge is 0.311 e. The summed E-state index contributed by atoms with van der Waals surface area (Å²) >= 11 is 0. The van der Waals surface area contributed by atoms with Crippen molar-refractivity contribution in [2.24, 2.45) is 0 Å². The topological polar surface area (TPSA) is 3.24 Å². The first-order chi connectivity index (χ1) is 13.4. The van der Waals surface area contributed by atoms with Crippen molar-refractivity contribution in [3.8, 4) is 0 Å². The van der Waals surface area contributed by atoms with Gasteiger partial charge in [0, 0.05) is 17.1 Å². The smallest absolute Gasteiger partial charge is 0.0461 e. The number of allylic oxidation sites excluding steroid dienone is 3. The number of hydrogen-bond acceptors (Lipinski definition) is 1. The Morgan fingerprint density at radius 3 is 1.30 bits per heavy atom. The average molecular weight is 368 g/mol. The van der Waals surface area contributed by atoms with Gasteiger partial charge in [-0.05, 0) is 43.2 Å². The number of hydrogen-bond donors (Lipinski definition) is 0. The Balaban J connectivity index is 0. The first kappa shape index (κ1) is 26.9. The van der Waals surface area contributed by atoms with Gasteiger partial charge in [0.1, 0.15) is 0 Å². The van der Waals surface area contributed by atoms with Crippen LogP contribution in [-0.2, 0) is 0 Å². The molecule has 0 N–H and O–H groups in total. The van der Waals surface area contributed by atoms with Gasteiger partial charge < -0.3 is 4.90 Å². The van der Waals surface area contributed by atoms with Crippen LogP contribution in [0.5, 0.6) is 0 Å². The minimum atomic E-state index is 1.11. The molecular formula is C26H41N. The third-order valence-corrected chi connectivity index (χ3v) is 3.26. The van der Waals surface area contributed by atoms with E-state index < -0.39 is 0 Å². The fourth-order valence-electron chi connectivity index (χ4n) is 2.37. The molecule has 0 bridgehead atoms. The van der Waals surface area contributed by atoms with Gasteiger partial charge in [-0.25, -0.2) is 0 Å². The van der Waals surface area contributed by atoms with Crippen molar-refractivity contribution in [2.75, 3.05) is 4.90 Å². The van der Waals surface area contributed by atoms with Gasteiger partial charge in [-0.3, -0.25) is 0 Å². The van der Waals surface area contributed by atoms with Crippen molar-refractivity contribution in [1.29, 1.82) is 0 Å². The molecule has 0 atom stereocenters. The van der Waals surface area contributed by atoms with Crippen molar-refractivity contribution in [2.45, 2.75) is 68.2 Å². The molecular weight excluding hydrogens is 326 g/mol. The summed E-state index contributed by atoms with van der Waals surface area (Å²) in [4.78, 5) is 2.30. The number of para-hydroxylation sites is 2. The molecule has 0 aromatic heterocycles. The molecule has 0 spiro atoms. The Morgan fingerprint density at radius 2 is 0.963 bits per heavy atom. The van der Waals surface area contributed by atoms with Gasteiger partial charge in [0.05, 0.1) is 0 Å². The molecule has 0 heterocycles. The summed E-state index contributed by atoms with van der Waals surface area (Å²) in [6, 6.07) is 21.0. The SMILES string of the molecule is C1=CC(N(c2ccccc2)c2ccccc2)=CCC1.CC.CC.CC.CC. The zero-order valence-electron chi connectivity index (χ0n) is 18.9. The van der Waals surface area contributed by atoms with Crippen LogP contribution in [0.15, 0.2) is 84.6 Å². The lowest BCUT2D eigenvalue weighted by atomic mass is 10.1. The molecule has 0 radical (unpaired) electrons. The molecule has 0 saturated heterocycles. The zero-order chi connectivity index (χ0) is 20.9. The predicted octanol–water partition coefficient (Wildman–Crippen LogP) is 9.16. The molecule has 0 saturated carbocycles. The zero-order valence-corrected chi connectivity index (χ0v) is 18.9. The second kappa shape index (κ2) is 20.0. The molecule has 0 fully saturated rings. The quantitative estimate of drug-likeness (QED) is 0.522. The maximum atomic E-state index is 2.31. The van der Waals surface area contributed by atoms with Crippen molar-refractivity contribution < 1.29 is 0 Å². The highest BCUT2D eigenvalue weighted by atomic mass is 15.1. The molecule has 2 aromatic rings. The summed E-state index contributed by atoms with van der Waals surface area (Å²) in [7, 11) is 0. The molecule has 1 nitrogen and oxygen atoms in total. The normalized spacial score (nSPS) is 10.7. The van der Waals surface area contributed by atoms with Gasteiger partial charge in [-0.15, -0.1) is 0 Å². The number of anilines is 2. The standard InChI is InChI=1S/C18H17N.4C2H6/c1-4-10-16(11-5-1)19(17-12-6-2-7-13-17)18-14-8-3-9-15-18;4*1-2/h1-2,4-8,10-15H,3,9H2;4*1-2H3. The maximum absolute atomic E-state index is 2.31. The van der Waals surface area contributed by atoms with Crippen LogP contribution >= 0.6 is 0 Å². The van der Waals surface area contributed by atoms with Gasteiger partial charge in [0.25, 0.3) is 0 Å². The Bertz CT molecular complexity index is 543. The van der Waals surface area contributed by atoms with E-state index in [1.165, 1.54) is 17.1 Å². The Kier molecular flexibility index (Phi) is 20.0. The molecule has 0 aliphatic heterocycles. The summed E-state index contributed by atoms with van der Waals surface area (Å²) in [6.45, 7) is 16.0. The molecule has 0 amide bonds. The fraction of sp³-hybridized carbons (Fsp3) is 0.385. The van der Waals surface area contributed by atoms with E-state index in [9.17, 15) is 0 Å². The Hall–Kier alpha value is -2.28. The van der Waals surface area contributed by atoms with Crippen LogP contribution in [0, 0.1) is 0 Å². The average Bonchev–Trinajstić information content (AvgIpc) is 2.82. The third kappa shape index (κ3) is 9.84. The second-order valence-corrected chi connectivity index (χ2v) is 4.62. The van der Waals surface area contributed by atoms with Gasteiger partial charge >= 0.3 is 0 Å². The van der Waals surface area contributed by atoms with Crippen molar-refractivity contribution in [1.82, 2.24) is 0 Å². The van der Waals surface area contributed by atoms with Crippen LogP contribution in [-0.4, -0.2) is 0 Å². The van der Waals surface area contributed by atoms with Crippen LogP contribution in [0.25, 0.3) is 0 Å². The lowest BCUT2D eigenvalue weighted by Gasteiger charge is -2.27. The van der Waals surface area contributed by atoms with Gasteiger partial charge in [0.15, 0.2) is 0 Å². The highest BCUT2D eigenvalue weighted by Gasteiger charge is 2.12. The van der Waals surface area contributed by atoms with Gasteiger partial charge in [0.2, 0.25) is 0 Å². The Labute approximate surface area is 169 Å². The number of benzene rings is 2. The van der Waals surface area contributed by atoms with Crippen LogP contribution in [0.1, 0.15) is 68.2 Å². The maximum Gasteiger partial charge on any atom is 0.0461 e. The van der Waals surface area contributed by atoms with E-state index in [1.807, 2.05) is 55.4 Å². The molecule has 1 aliphatic carbocycles. The van der Waals surface area contributed by atoms with Crippen molar-refractivity contribution in [3.63, 3.8) is 0 Å². The van der Waals surface area contributed by atoms with E-state index in [-0.39, 0.29) is 0 Å². The molecule has 1 aliphatic rings. The highest BCUT2D eigenvalue weighted by Crippen LogP contribution is 2.31. The van der Waals surface area contributed by atoms with Crippen LogP contribution in [0.4, 0.5) is 11.4 Å². The van der Waals surface area contributed by atoms with Crippen LogP contribution < -0.4 is 4.90 Å². The van der Waals surface area contributed by atoms with E-state index in [0.717, 1.165) is 12.8 Å². The van der Waals surface area contributed by atoms with E-state index in [1.54, 1.807) is 0 Å². The molecule has 27 heavy (non-hydrogen) atoms. The summed E-state index contributed by atoms with van der Waals surface area (Å²) < 4.78 is 0. The molecule has 2 aromatic carbocycles. The lowest BCUT2D eigenvalue weighted by molar-refractivity contribution is 0.997. The highest BCUT2D eigenvalue weighted by molar-refractivity contribution is 5.70. The van der Waals surface area contributed by atoms with Gasteiger partial charge in [-0.2, -0.15) is 0 Å². The summed E-state index contributed by atoms with van der Waals surface area (Å²) in [5.41, 5.74) is 3.65. The van der Waals surface area contributed by atoms with E-state index in [0.29, 0.717) is 0 Å². The summed E-state index contributed by atoms with van der Waals surface area (Å²) in [5.74, 6) is 0. The van der Waals surface area contributed by atoms with E-state index in [4.69, 9.17) is 0 Å². The molecule has 1 heteroatoms. The number of rotatable bonds is 3. The minimum Gasteiger partial charge on any atom is -0.311 e. The first-order valence-corrected chi connectivity index (χ1v) is 10.7. The fourth-order valence-corrected chi connectivity index (χ4v) is 2.37. The predicted molar refractivity (Wildman–Crippen MR) is 127 cm³/mol. The van der Waals surface area contributed by atoms with Crippen LogP contribution in [0.2, 0.25) is 0 Å². The summed E-state index contributed by atoms with van der Waals surface area (Å²) in [6.07, 6.45) is 9.01. The third-order valence-electron chi connectivity index (χ3n) is 3.26. The van der Waals surface area contributed by atoms with Crippen LogP contribution in [0.3, 0.4) is 0 Å². The van der Waals surface area contributed by atoms with Gasteiger partial charge in [-0.1, -0.05) is 104 Å². The minimum absolute atomic E-state index is 1.11. The van der Waals surface area contributed by atoms with Crippen molar-refractivity contribution >= 4 is 11.4 Å². The van der Waals surface area contributed by atoms with Crippen molar-refractivity contribution in [3.05, 3.63) is 84.6 Å².